The van der Waals surface area contributed by atoms with E-state index in [-0.39, 0.29) is 25.1 Å². The van der Waals surface area contributed by atoms with Crippen molar-refractivity contribution in [2.24, 2.45) is 0 Å². The van der Waals surface area contributed by atoms with Crippen LogP contribution in [0.4, 0.5) is 0 Å². The quantitative estimate of drug-likeness (QED) is 0.334. The van der Waals surface area contributed by atoms with Crippen molar-refractivity contribution >= 4 is 75.3 Å². The van der Waals surface area contributed by atoms with Crippen LogP contribution in [-0.2, 0) is 4.74 Å². The number of benzene rings is 1. The molecule has 0 aliphatic rings. The van der Waals surface area contributed by atoms with E-state index in [0.717, 1.165) is 0 Å². The van der Waals surface area contributed by atoms with Crippen molar-refractivity contribution in [3.8, 4) is 11.1 Å². The molecule has 1 aromatic heterocycles. The maximum Gasteiger partial charge on any atom is 0.348 e. The number of thiophene rings is 1. The molecular formula is C12H5Cl5O2S. The summed E-state index contributed by atoms with van der Waals surface area (Å²) in [4.78, 5) is 11.9. The molecule has 1 aromatic carbocycles. The predicted octanol–water partition coefficient (Wildman–Crippen LogP) is 6.47. The van der Waals surface area contributed by atoms with E-state index >= 15 is 0 Å². The Morgan fingerprint density at radius 1 is 1.00 bits per heavy atom. The highest BCUT2D eigenvalue weighted by molar-refractivity contribution is 7.12. The number of hydrogen-bond donors (Lipinski definition) is 0. The summed E-state index contributed by atoms with van der Waals surface area (Å²) in [6, 6.07) is 1.60. The highest BCUT2D eigenvalue weighted by atomic mass is 35.5. The van der Waals surface area contributed by atoms with Crippen molar-refractivity contribution in [1.82, 2.24) is 0 Å². The molecule has 0 atom stereocenters. The Morgan fingerprint density at radius 3 is 2.00 bits per heavy atom. The van der Waals surface area contributed by atoms with Crippen LogP contribution >= 0.6 is 69.3 Å². The first-order valence-electron chi connectivity index (χ1n) is 5.07. The fourth-order valence-corrected chi connectivity index (χ4v) is 3.70. The van der Waals surface area contributed by atoms with Crippen molar-refractivity contribution in [3.63, 3.8) is 0 Å². The number of methoxy groups -OCH3 is 1. The molecule has 0 radical (unpaired) electrons. The summed E-state index contributed by atoms with van der Waals surface area (Å²) in [5, 5.41) is 2.39. The summed E-state index contributed by atoms with van der Waals surface area (Å²) in [7, 11) is 1.30. The molecule has 0 unspecified atom stereocenters. The van der Waals surface area contributed by atoms with Gasteiger partial charge in [0, 0.05) is 5.56 Å². The van der Waals surface area contributed by atoms with Gasteiger partial charge in [-0.3, -0.25) is 0 Å². The monoisotopic (exact) mass is 388 g/mol. The molecule has 0 spiro atoms. The average molecular weight is 391 g/mol. The molecule has 0 N–H and O–H groups in total. The number of hydrogen-bond acceptors (Lipinski definition) is 3. The van der Waals surface area contributed by atoms with Crippen LogP contribution in [0.25, 0.3) is 11.1 Å². The lowest BCUT2D eigenvalue weighted by Gasteiger charge is -2.11. The molecular weight excluding hydrogens is 385 g/mol. The van der Waals surface area contributed by atoms with E-state index in [1.54, 1.807) is 11.4 Å². The van der Waals surface area contributed by atoms with Crippen LogP contribution in [0.5, 0.6) is 0 Å². The van der Waals surface area contributed by atoms with Crippen LogP contribution in [0.2, 0.25) is 25.1 Å². The van der Waals surface area contributed by atoms with Crippen molar-refractivity contribution in [1.29, 1.82) is 0 Å². The Morgan fingerprint density at radius 2 is 1.50 bits per heavy atom. The van der Waals surface area contributed by atoms with E-state index < -0.39 is 5.97 Å². The molecule has 0 amide bonds. The third-order valence-electron chi connectivity index (χ3n) is 2.48. The molecule has 0 bridgehead atoms. The zero-order valence-electron chi connectivity index (χ0n) is 9.77. The Kier molecular flexibility index (Phi) is 5.11. The van der Waals surface area contributed by atoms with Crippen LogP contribution in [0.15, 0.2) is 11.4 Å². The molecule has 2 aromatic rings. The van der Waals surface area contributed by atoms with Gasteiger partial charge in [-0.05, 0) is 17.0 Å². The molecule has 0 fully saturated rings. The second-order valence-corrected chi connectivity index (χ2v) is 6.44. The zero-order valence-corrected chi connectivity index (χ0v) is 14.4. The first kappa shape index (κ1) is 16.2. The van der Waals surface area contributed by atoms with Crippen molar-refractivity contribution in [2.75, 3.05) is 7.11 Å². The highest BCUT2D eigenvalue weighted by Crippen LogP contribution is 2.48. The SMILES string of the molecule is COC(=O)c1cc(-c2c(Cl)c(Cl)c(Cl)c(Cl)c2Cl)cs1. The molecule has 20 heavy (non-hydrogen) atoms. The Labute approximate surface area is 144 Å². The van der Waals surface area contributed by atoms with Crippen LogP contribution < -0.4 is 0 Å². The number of rotatable bonds is 2. The summed E-state index contributed by atoms with van der Waals surface area (Å²) < 4.78 is 4.64. The summed E-state index contributed by atoms with van der Waals surface area (Å²) in [5.41, 5.74) is 1.05. The maximum atomic E-state index is 11.5. The summed E-state index contributed by atoms with van der Waals surface area (Å²) in [5.74, 6) is -0.445. The summed E-state index contributed by atoms with van der Waals surface area (Å²) in [6.45, 7) is 0. The van der Waals surface area contributed by atoms with Gasteiger partial charge in [-0.25, -0.2) is 4.79 Å². The molecule has 2 nitrogen and oxygen atoms in total. The minimum atomic E-state index is -0.445. The van der Waals surface area contributed by atoms with Crippen molar-refractivity contribution < 1.29 is 9.53 Å². The molecule has 0 aliphatic carbocycles. The van der Waals surface area contributed by atoms with Crippen molar-refractivity contribution in [3.05, 3.63) is 41.4 Å². The number of halogens is 5. The second-order valence-electron chi connectivity index (χ2n) is 3.64. The number of carbonyl (C=O) groups excluding carboxylic acids is 1. The fourth-order valence-electron chi connectivity index (χ4n) is 1.53. The molecule has 0 saturated heterocycles. The van der Waals surface area contributed by atoms with Gasteiger partial charge in [-0.15, -0.1) is 11.3 Å². The van der Waals surface area contributed by atoms with Crippen LogP contribution in [0.3, 0.4) is 0 Å². The lowest BCUT2D eigenvalue weighted by atomic mass is 10.1. The predicted molar refractivity (Wildman–Crippen MR) is 86.1 cm³/mol. The van der Waals surface area contributed by atoms with Gasteiger partial charge in [0.15, 0.2) is 0 Å². The summed E-state index contributed by atoms with van der Waals surface area (Å²) in [6.07, 6.45) is 0. The molecule has 0 aliphatic heterocycles. The Balaban J connectivity index is 2.64. The van der Waals surface area contributed by atoms with E-state index in [1.165, 1.54) is 18.4 Å². The zero-order chi connectivity index (χ0) is 15.0. The highest BCUT2D eigenvalue weighted by Gasteiger charge is 2.22. The fraction of sp³-hybridized carbons (Fsp3) is 0.0833. The third-order valence-corrected chi connectivity index (χ3v) is 5.67. The van der Waals surface area contributed by atoms with Gasteiger partial charge in [0.2, 0.25) is 0 Å². The molecule has 1 heterocycles. The molecule has 106 valence electrons. The number of carbonyl (C=O) groups is 1. The Hall–Kier alpha value is -0.160. The molecule has 2 rings (SSSR count). The van der Waals surface area contributed by atoms with E-state index in [0.29, 0.717) is 16.0 Å². The van der Waals surface area contributed by atoms with Crippen LogP contribution in [0.1, 0.15) is 9.67 Å². The number of esters is 1. The minimum Gasteiger partial charge on any atom is -0.465 e. The van der Waals surface area contributed by atoms with E-state index in [4.69, 9.17) is 58.0 Å². The van der Waals surface area contributed by atoms with Crippen molar-refractivity contribution in [2.45, 2.75) is 0 Å². The average Bonchev–Trinajstić information content (AvgIpc) is 2.92. The van der Waals surface area contributed by atoms with Gasteiger partial charge >= 0.3 is 5.97 Å². The van der Waals surface area contributed by atoms with Gasteiger partial charge in [-0.2, -0.15) is 0 Å². The topological polar surface area (TPSA) is 26.3 Å². The third kappa shape index (κ3) is 2.76. The molecule has 0 saturated carbocycles. The van der Waals surface area contributed by atoms with Gasteiger partial charge in [0.25, 0.3) is 0 Å². The van der Waals surface area contributed by atoms with Gasteiger partial charge in [0.1, 0.15) is 4.88 Å². The van der Waals surface area contributed by atoms with E-state index in [9.17, 15) is 4.79 Å². The van der Waals surface area contributed by atoms with E-state index in [1.807, 2.05) is 0 Å². The molecule has 8 heteroatoms. The van der Waals surface area contributed by atoms with Crippen LogP contribution in [0, 0.1) is 0 Å². The first-order chi connectivity index (χ1) is 9.38. The minimum absolute atomic E-state index is 0.0931. The number of ether oxygens (including phenoxy) is 1. The standard InChI is InChI=1S/C12H5Cl5O2S/c1-19-12(18)5-2-4(3-20-5)6-7(13)9(15)11(17)10(16)8(6)14/h2-3H,1H3. The van der Waals surface area contributed by atoms with Crippen LogP contribution in [-0.4, -0.2) is 13.1 Å². The lowest BCUT2D eigenvalue weighted by Crippen LogP contribution is -1.97. The second kappa shape index (κ2) is 6.30. The van der Waals surface area contributed by atoms with E-state index in [2.05, 4.69) is 4.74 Å². The Bertz CT molecular complexity index is 666. The largest absolute Gasteiger partial charge is 0.465 e. The van der Waals surface area contributed by atoms with Gasteiger partial charge in [0.05, 0.1) is 32.2 Å². The first-order valence-corrected chi connectivity index (χ1v) is 7.84. The summed E-state index contributed by atoms with van der Waals surface area (Å²) >= 11 is 31.5. The normalized spacial score (nSPS) is 10.7. The maximum absolute atomic E-state index is 11.5. The smallest absolute Gasteiger partial charge is 0.348 e. The lowest BCUT2D eigenvalue weighted by molar-refractivity contribution is 0.0606. The van der Waals surface area contributed by atoms with Gasteiger partial charge in [-0.1, -0.05) is 58.0 Å². The van der Waals surface area contributed by atoms with Gasteiger partial charge < -0.3 is 4.74 Å².